The first kappa shape index (κ1) is 18.5. The van der Waals surface area contributed by atoms with Gasteiger partial charge in [-0.1, -0.05) is 30.3 Å². The topological polar surface area (TPSA) is 56.1 Å². The third-order valence-electron chi connectivity index (χ3n) is 5.23. The van der Waals surface area contributed by atoms with Crippen molar-refractivity contribution in [3.63, 3.8) is 0 Å². The van der Waals surface area contributed by atoms with Gasteiger partial charge in [-0.05, 0) is 56.4 Å². The molecule has 1 N–H and O–H groups in total. The Balaban J connectivity index is 1.35. The van der Waals surface area contributed by atoms with Crippen LogP contribution in [0.5, 0.6) is 5.75 Å². The minimum absolute atomic E-state index is 0.158. The van der Waals surface area contributed by atoms with Crippen LogP contribution in [0.25, 0.3) is 11.0 Å². The number of unbranched alkanes of at least 4 members (excludes halogenated alkanes) is 1. The standard InChI is InChI=1S/C23H27N3O2/c1-17-8-2-5-11-21(17)28-15-7-6-14-26-20-10-4-3-9-19(20)25-22(26)16-24-23(27)18-12-13-18/h2-5,8-11,18H,6-7,12-16H2,1H3,(H,24,27). The number of hydrogen-bond donors (Lipinski definition) is 1. The number of amides is 1. The summed E-state index contributed by atoms with van der Waals surface area (Å²) < 4.78 is 8.14. The summed E-state index contributed by atoms with van der Waals surface area (Å²) in [5.41, 5.74) is 3.27. The molecule has 0 atom stereocenters. The largest absolute Gasteiger partial charge is 0.493 e. The maximum absolute atomic E-state index is 12.0. The Hall–Kier alpha value is -2.82. The van der Waals surface area contributed by atoms with Gasteiger partial charge >= 0.3 is 0 Å². The number of nitrogens with zero attached hydrogens (tertiary/aromatic N) is 2. The number of aromatic nitrogens is 2. The van der Waals surface area contributed by atoms with Crippen molar-refractivity contribution in [2.24, 2.45) is 5.92 Å². The number of rotatable bonds is 9. The van der Waals surface area contributed by atoms with Crippen molar-refractivity contribution in [2.45, 2.75) is 45.7 Å². The number of aryl methyl sites for hydroxylation is 2. The summed E-state index contributed by atoms with van der Waals surface area (Å²) in [4.78, 5) is 16.7. The smallest absolute Gasteiger partial charge is 0.223 e. The van der Waals surface area contributed by atoms with Gasteiger partial charge in [0.05, 0.1) is 24.2 Å². The van der Waals surface area contributed by atoms with Gasteiger partial charge in [0.1, 0.15) is 11.6 Å². The summed E-state index contributed by atoms with van der Waals surface area (Å²) in [6.45, 7) is 4.12. The van der Waals surface area contributed by atoms with Crippen molar-refractivity contribution in [1.29, 1.82) is 0 Å². The van der Waals surface area contributed by atoms with Crippen molar-refractivity contribution in [2.75, 3.05) is 6.61 Å². The van der Waals surface area contributed by atoms with E-state index in [2.05, 4.69) is 28.9 Å². The predicted octanol–water partition coefficient (Wildman–Crippen LogP) is 4.23. The summed E-state index contributed by atoms with van der Waals surface area (Å²) in [5.74, 6) is 2.26. The maximum atomic E-state index is 12.0. The molecule has 28 heavy (non-hydrogen) atoms. The number of carbonyl (C=O) groups excluding carboxylic acids is 1. The first-order valence-electron chi connectivity index (χ1n) is 10.1. The van der Waals surface area contributed by atoms with Crippen LogP contribution in [-0.2, 0) is 17.9 Å². The number of imidazole rings is 1. The van der Waals surface area contributed by atoms with Crippen LogP contribution in [-0.4, -0.2) is 22.1 Å². The van der Waals surface area contributed by atoms with Gasteiger partial charge in [0.2, 0.25) is 5.91 Å². The van der Waals surface area contributed by atoms with Gasteiger partial charge in [-0.3, -0.25) is 4.79 Å². The molecule has 0 unspecified atom stereocenters. The van der Waals surface area contributed by atoms with Crippen LogP contribution in [0.4, 0.5) is 0 Å². The van der Waals surface area contributed by atoms with Gasteiger partial charge < -0.3 is 14.6 Å². The minimum atomic E-state index is 0.158. The number of carbonyl (C=O) groups is 1. The Morgan fingerprint density at radius 1 is 1.14 bits per heavy atom. The van der Waals surface area contributed by atoms with Crippen LogP contribution in [0.1, 0.15) is 37.1 Å². The second kappa shape index (κ2) is 8.46. The van der Waals surface area contributed by atoms with E-state index in [1.807, 2.05) is 36.4 Å². The lowest BCUT2D eigenvalue weighted by molar-refractivity contribution is -0.122. The molecule has 1 aliphatic carbocycles. The molecule has 5 nitrogen and oxygen atoms in total. The highest BCUT2D eigenvalue weighted by Gasteiger charge is 2.29. The van der Waals surface area contributed by atoms with Crippen LogP contribution in [0.2, 0.25) is 0 Å². The summed E-state index contributed by atoms with van der Waals surface area (Å²) in [6, 6.07) is 16.3. The third kappa shape index (κ3) is 4.35. The van der Waals surface area contributed by atoms with Crippen molar-refractivity contribution < 1.29 is 9.53 Å². The second-order valence-corrected chi connectivity index (χ2v) is 7.48. The van der Waals surface area contributed by atoms with E-state index in [0.717, 1.165) is 60.4 Å². The average Bonchev–Trinajstić information content (AvgIpc) is 3.50. The van der Waals surface area contributed by atoms with E-state index in [1.165, 1.54) is 0 Å². The molecule has 1 heterocycles. The number of hydrogen-bond acceptors (Lipinski definition) is 3. The molecule has 4 rings (SSSR count). The fraction of sp³-hybridized carbons (Fsp3) is 0.391. The van der Waals surface area contributed by atoms with Gasteiger partial charge in [-0.15, -0.1) is 0 Å². The molecule has 0 spiro atoms. The van der Waals surface area contributed by atoms with E-state index in [0.29, 0.717) is 13.2 Å². The van der Waals surface area contributed by atoms with E-state index < -0.39 is 0 Å². The first-order chi connectivity index (χ1) is 13.7. The maximum Gasteiger partial charge on any atom is 0.223 e. The molecule has 1 saturated carbocycles. The molecule has 1 amide bonds. The Kier molecular flexibility index (Phi) is 5.60. The molecule has 0 radical (unpaired) electrons. The summed E-state index contributed by atoms with van der Waals surface area (Å²) in [6.07, 6.45) is 4.00. The Morgan fingerprint density at radius 2 is 1.93 bits per heavy atom. The fourth-order valence-corrected chi connectivity index (χ4v) is 3.44. The summed E-state index contributed by atoms with van der Waals surface area (Å²) in [5, 5.41) is 3.04. The van der Waals surface area contributed by atoms with E-state index in [4.69, 9.17) is 9.72 Å². The monoisotopic (exact) mass is 377 g/mol. The SMILES string of the molecule is Cc1ccccc1OCCCCn1c(CNC(=O)C2CC2)nc2ccccc21. The van der Waals surface area contributed by atoms with Gasteiger partial charge in [0, 0.05) is 12.5 Å². The zero-order valence-electron chi connectivity index (χ0n) is 16.4. The molecular weight excluding hydrogens is 350 g/mol. The zero-order chi connectivity index (χ0) is 19.3. The van der Waals surface area contributed by atoms with Crippen LogP contribution in [0.3, 0.4) is 0 Å². The molecule has 1 aliphatic rings. The number of benzene rings is 2. The minimum Gasteiger partial charge on any atom is -0.493 e. The number of ether oxygens (including phenoxy) is 1. The summed E-state index contributed by atoms with van der Waals surface area (Å²) in [7, 11) is 0. The lowest BCUT2D eigenvalue weighted by Crippen LogP contribution is -2.26. The van der Waals surface area contributed by atoms with Gasteiger partial charge in [0.25, 0.3) is 0 Å². The zero-order valence-corrected chi connectivity index (χ0v) is 16.4. The highest BCUT2D eigenvalue weighted by atomic mass is 16.5. The third-order valence-corrected chi connectivity index (χ3v) is 5.23. The molecule has 146 valence electrons. The van der Waals surface area contributed by atoms with Crippen molar-refractivity contribution in [3.05, 3.63) is 59.9 Å². The van der Waals surface area contributed by atoms with E-state index in [-0.39, 0.29) is 11.8 Å². The van der Waals surface area contributed by atoms with Crippen molar-refractivity contribution in [1.82, 2.24) is 14.9 Å². The fourth-order valence-electron chi connectivity index (χ4n) is 3.44. The Morgan fingerprint density at radius 3 is 2.75 bits per heavy atom. The second-order valence-electron chi connectivity index (χ2n) is 7.48. The van der Waals surface area contributed by atoms with Crippen LogP contribution >= 0.6 is 0 Å². The molecule has 5 heteroatoms. The van der Waals surface area contributed by atoms with E-state index >= 15 is 0 Å². The van der Waals surface area contributed by atoms with E-state index in [1.54, 1.807) is 0 Å². The lowest BCUT2D eigenvalue weighted by Gasteiger charge is -2.11. The van der Waals surface area contributed by atoms with Crippen molar-refractivity contribution in [3.8, 4) is 5.75 Å². The number of nitrogens with one attached hydrogen (secondary N) is 1. The van der Waals surface area contributed by atoms with Crippen LogP contribution in [0, 0.1) is 12.8 Å². The molecule has 1 aromatic heterocycles. The molecule has 1 fully saturated rings. The molecule has 0 saturated heterocycles. The Bertz CT molecular complexity index is 959. The molecule has 0 aliphatic heterocycles. The summed E-state index contributed by atoms with van der Waals surface area (Å²) >= 11 is 0. The van der Waals surface area contributed by atoms with E-state index in [9.17, 15) is 4.79 Å². The van der Waals surface area contributed by atoms with Crippen molar-refractivity contribution >= 4 is 16.9 Å². The first-order valence-corrected chi connectivity index (χ1v) is 10.1. The molecule has 0 bridgehead atoms. The highest BCUT2D eigenvalue weighted by molar-refractivity contribution is 5.81. The normalized spacial score (nSPS) is 13.6. The highest BCUT2D eigenvalue weighted by Crippen LogP contribution is 2.29. The van der Waals surface area contributed by atoms with Gasteiger partial charge in [0.15, 0.2) is 0 Å². The quantitative estimate of drug-likeness (QED) is 0.568. The van der Waals surface area contributed by atoms with Gasteiger partial charge in [-0.25, -0.2) is 4.98 Å². The van der Waals surface area contributed by atoms with Crippen LogP contribution in [0.15, 0.2) is 48.5 Å². The molecular formula is C23H27N3O2. The molecule has 2 aromatic carbocycles. The van der Waals surface area contributed by atoms with Crippen LogP contribution < -0.4 is 10.1 Å². The number of para-hydroxylation sites is 3. The Labute approximate surface area is 165 Å². The van der Waals surface area contributed by atoms with Gasteiger partial charge in [-0.2, -0.15) is 0 Å². The average molecular weight is 377 g/mol. The predicted molar refractivity (Wildman–Crippen MR) is 110 cm³/mol. The number of fused-ring (bicyclic) bond motifs is 1. The molecule has 3 aromatic rings. The lowest BCUT2D eigenvalue weighted by atomic mass is 10.2.